The predicted molar refractivity (Wildman–Crippen MR) is 79.3 cm³/mol. The standard InChI is InChI=1S/C16H15ClNO3/c1-11-3-8-14(17)15(9-11)18(16(20)10-19)12-4-6-13(21-2)7-5-12/h3-9H,10H2,1-2H3/q-1/p+1. The van der Waals surface area contributed by atoms with Crippen LogP contribution in [0.25, 0.3) is 0 Å². The third-order valence-corrected chi connectivity index (χ3v) is 3.51. The minimum atomic E-state index is -0.814. The summed E-state index contributed by atoms with van der Waals surface area (Å²) in [4.78, 5) is 12.4. The van der Waals surface area contributed by atoms with Gasteiger partial charge in [0.2, 0.25) is 0 Å². The SMILES string of the molecule is COc1ccc([NH+](C(=O)C[O-])c2cc(C)ccc2Cl)cc1. The van der Waals surface area contributed by atoms with E-state index in [1.807, 2.05) is 19.1 Å². The molecule has 1 atom stereocenters. The fourth-order valence-corrected chi connectivity index (χ4v) is 2.34. The van der Waals surface area contributed by atoms with E-state index in [0.717, 1.165) is 5.56 Å². The summed E-state index contributed by atoms with van der Waals surface area (Å²) in [6.45, 7) is 1.10. The molecule has 1 amide bonds. The largest absolute Gasteiger partial charge is 0.845 e. The van der Waals surface area contributed by atoms with Crippen LogP contribution in [0.5, 0.6) is 5.75 Å². The number of nitrogens with one attached hydrogen (secondary N) is 1. The van der Waals surface area contributed by atoms with Gasteiger partial charge in [0.05, 0.1) is 7.11 Å². The van der Waals surface area contributed by atoms with Gasteiger partial charge in [-0.05, 0) is 37.3 Å². The molecule has 0 fully saturated rings. The van der Waals surface area contributed by atoms with Crippen LogP contribution in [-0.2, 0) is 4.79 Å². The number of halogens is 1. The summed E-state index contributed by atoms with van der Waals surface area (Å²) in [7, 11) is 1.57. The molecule has 0 bridgehead atoms. The molecule has 0 aliphatic carbocycles. The lowest BCUT2D eigenvalue weighted by Gasteiger charge is -2.19. The zero-order valence-corrected chi connectivity index (χ0v) is 12.6. The van der Waals surface area contributed by atoms with Crippen molar-refractivity contribution in [2.75, 3.05) is 13.7 Å². The maximum Gasteiger partial charge on any atom is 0.305 e. The number of quaternary nitrogens is 1. The third-order valence-electron chi connectivity index (χ3n) is 3.18. The molecule has 21 heavy (non-hydrogen) atoms. The van der Waals surface area contributed by atoms with Crippen LogP contribution in [0.3, 0.4) is 0 Å². The first-order chi connectivity index (χ1) is 10.1. The molecule has 0 aromatic heterocycles. The Morgan fingerprint density at radius 1 is 1.24 bits per heavy atom. The van der Waals surface area contributed by atoms with Crippen LogP contribution < -0.4 is 14.7 Å². The van der Waals surface area contributed by atoms with Crippen molar-refractivity contribution in [2.24, 2.45) is 0 Å². The summed E-state index contributed by atoms with van der Waals surface area (Å²) in [5.74, 6) is 0.204. The molecule has 5 heteroatoms. The molecular weight excluding hydrogens is 290 g/mol. The maximum atomic E-state index is 12.1. The van der Waals surface area contributed by atoms with Crippen LogP contribution in [0.2, 0.25) is 5.02 Å². The molecule has 0 saturated carbocycles. The zero-order chi connectivity index (χ0) is 15.4. The molecule has 2 rings (SSSR count). The number of ether oxygens (including phenoxy) is 1. The van der Waals surface area contributed by atoms with Crippen molar-refractivity contribution in [2.45, 2.75) is 6.92 Å². The average molecular weight is 306 g/mol. The Morgan fingerprint density at radius 2 is 1.90 bits per heavy atom. The molecule has 0 aliphatic rings. The van der Waals surface area contributed by atoms with E-state index in [2.05, 4.69) is 0 Å². The lowest BCUT2D eigenvalue weighted by Crippen LogP contribution is -3.06. The second-order valence-corrected chi connectivity index (χ2v) is 5.06. The molecule has 2 aromatic rings. The molecule has 0 radical (unpaired) electrons. The summed E-state index contributed by atoms with van der Waals surface area (Å²) in [5, 5.41) is 11.6. The van der Waals surface area contributed by atoms with Crippen molar-refractivity contribution in [3.05, 3.63) is 53.1 Å². The van der Waals surface area contributed by atoms with Gasteiger partial charge >= 0.3 is 5.91 Å². The van der Waals surface area contributed by atoms with Crippen molar-refractivity contribution >= 4 is 28.9 Å². The highest BCUT2D eigenvalue weighted by Crippen LogP contribution is 2.22. The van der Waals surface area contributed by atoms with E-state index < -0.39 is 12.5 Å². The zero-order valence-electron chi connectivity index (χ0n) is 11.9. The van der Waals surface area contributed by atoms with Crippen LogP contribution in [-0.4, -0.2) is 19.6 Å². The Bertz CT molecular complexity index is 640. The predicted octanol–water partition coefficient (Wildman–Crippen LogP) is 1.39. The van der Waals surface area contributed by atoms with Crippen molar-refractivity contribution < 1.29 is 19.5 Å². The maximum absolute atomic E-state index is 12.1. The monoisotopic (exact) mass is 305 g/mol. The van der Waals surface area contributed by atoms with Gasteiger partial charge < -0.3 is 9.84 Å². The molecular formula is C16H16ClNO3. The third kappa shape index (κ3) is 3.42. The molecule has 1 N–H and O–H groups in total. The van der Waals surface area contributed by atoms with Crippen molar-refractivity contribution in [3.63, 3.8) is 0 Å². The quantitative estimate of drug-likeness (QED) is 0.929. The van der Waals surface area contributed by atoms with Gasteiger partial charge in [-0.25, -0.2) is 9.69 Å². The summed E-state index contributed by atoms with van der Waals surface area (Å²) < 4.78 is 5.10. The lowest BCUT2D eigenvalue weighted by atomic mass is 10.1. The minimum Gasteiger partial charge on any atom is -0.845 e. The lowest BCUT2D eigenvalue weighted by molar-refractivity contribution is -0.679. The second kappa shape index (κ2) is 6.72. The minimum absolute atomic E-state index is 0.348. The van der Waals surface area contributed by atoms with Crippen molar-refractivity contribution in [1.29, 1.82) is 0 Å². The van der Waals surface area contributed by atoms with Crippen LogP contribution in [0, 0.1) is 6.92 Å². The summed E-state index contributed by atoms with van der Waals surface area (Å²) >= 11 is 6.20. The van der Waals surface area contributed by atoms with E-state index in [-0.39, 0.29) is 0 Å². The molecule has 4 nitrogen and oxygen atoms in total. The van der Waals surface area contributed by atoms with Gasteiger partial charge in [-0.3, -0.25) is 0 Å². The molecule has 110 valence electrons. The Balaban J connectivity index is 2.52. The summed E-state index contributed by atoms with van der Waals surface area (Å²) in [6, 6.07) is 12.4. The van der Waals surface area contributed by atoms with E-state index >= 15 is 0 Å². The summed E-state index contributed by atoms with van der Waals surface area (Å²) in [5.41, 5.74) is 2.21. The van der Waals surface area contributed by atoms with Crippen molar-refractivity contribution in [1.82, 2.24) is 0 Å². The Morgan fingerprint density at radius 3 is 2.48 bits per heavy atom. The molecule has 0 aliphatic heterocycles. The average Bonchev–Trinajstić information content (AvgIpc) is 2.51. The molecule has 0 spiro atoms. The Hall–Kier alpha value is -1.88. The van der Waals surface area contributed by atoms with Gasteiger partial charge in [0.15, 0.2) is 5.69 Å². The summed E-state index contributed by atoms with van der Waals surface area (Å²) in [6.07, 6.45) is 0. The topological polar surface area (TPSA) is 53.8 Å². The smallest absolute Gasteiger partial charge is 0.305 e. The number of rotatable bonds is 4. The number of methoxy groups -OCH3 is 1. The highest BCUT2D eigenvalue weighted by Gasteiger charge is 2.24. The van der Waals surface area contributed by atoms with E-state index in [0.29, 0.717) is 27.0 Å². The number of aryl methyl sites for hydroxylation is 1. The van der Waals surface area contributed by atoms with Crippen molar-refractivity contribution in [3.8, 4) is 5.75 Å². The first-order valence-electron chi connectivity index (χ1n) is 6.46. The van der Waals surface area contributed by atoms with Gasteiger partial charge in [-0.1, -0.05) is 17.7 Å². The first-order valence-corrected chi connectivity index (χ1v) is 6.84. The highest BCUT2D eigenvalue weighted by atomic mass is 35.5. The van der Waals surface area contributed by atoms with E-state index in [1.165, 1.54) is 0 Å². The Labute approximate surface area is 128 Å². The highest BCUT2D eigenvalue weighted by molar-refractivity contribution is 6.32. The Kier molecular flexibility index (Phi) is 4.96. The van der Waals surface area contributed by atoms with Crippen LogP contribution >= 0.6 is 11.6 Å². The molecule has 1 unspecified atom stereocenters. The number of amides is 1. The normalized spacial score (nSPS) is 12.0. The fourth-order valence-electron chi connectivity index (χ4n) is 2.13. The number of carbonyl (C=O) groups excluding carboxylic acids is 1. The van der Waals surface area contributed by atoms with Crippen LogP contribution in [0.4, 0.5) is 11.4 Å². The van der Waals surface area contributed by atoms with Gasteiger partial charge in [-0.15, -0.1) is 0 Å². The van der Waals surface area contributed by atoms with Crippen LogP contribution in [0.1, 0.15) is 5.56 Å². The number of carbonyl (C=O) groups is 1. The second-order valence-electron chi connectivity index (χ2n) is 4.65. The molecule has 0 saturated heterocycles. The molecule has 0 heterocycles. The number of hydrogen-bond acceptors (Lipinski definition) is 3. The van der Waals surface area contributed by atoms with E-state index in [4.69, 9.17) is 16.3 Å². The van der Waals surface area contributed by atoms with E-state index in [9.17, 15) is 9.90 Å². The first kappa shape index (κ1) is 15.5. The fraction of sp³-hybridized carbons (Fsp3) is 0.188. The molecule has 2 aromatic carbocycles. The van der Waals surface area contributed by atoms with E-state index in [1.54, 1.807) is 37.4 Å². The van der Waals surface area contributed by atoms with Gasteiger partial charge in [-0.2, -0.15) is 0 Å². The van der Waals surface area contributed by atoms with Gasteiger partial charge in [0, 0.05) is 18.2 Å². The number of hydrogen-bond donors (Lipinski definition) is 1. The van der Waals surface area contributed by atoms with Gasteiger partial charge in [0.1, 0.15) is 16.5 Å². The van der Waals surface area contributed by atoms with Crippen LogP contribution in [0.15, 0.2) is 42.5 Å². The van der Waals surface area contributed by atoms with Gasteiger partial charge in [0.25, 0.3) is 0 Å². The number of benzene rings is 2.